The molecule has 0 aromatic heterocycles. The topological polar surface area (TPSA) is 12.5 Å². The molecule has 1 heterocycles. The van der Waals surface area contributed by atoms with Crippen molar-refractivity contribution in [3.8, 4) is 0 Å². The molecule has 18 heavy (non-hydrogen) atoms. The van der Waals surface area contributed by atoms with Gasteiger partial charge in [-0.2, -0.15) is 0 Å². The maximum atomic E-state index is 6.28. The second kappa shape index (κ2) is 4.76. The van der Waals surface area contributed by atoms with Crippen LogP contribution in [0.4, 0.5) is 0 Å². The van der Waals surface area contributed by atoms with Crippen molar-refractivity contribution in [2.45, 2.75) is 31.7 Å². The fourth-order valence-corrected chi connectivity index (χ4v) is 3.22. The number of hydroxylamine groups is 2. The maximum Gasteiger partial charge on any atom is 0.118 e. The monoisotopic (exact) mass is 283 g/mol. The van der Waals surface area contributed by atoms with Crippen molar-refractivity contribution in [1.29, 1.82) is 0 Å². The zero-order valence-electron chi connectivity index (χ0n) is 10.2. The molecule has 2 atom stereocenters. The predicted molar refractivity (Wildman–Crippen MR) is 73.8 cm³/mol. The third-order valence-corrected chi connectivity index (χ3v) is 4.35. The van der Waals surface area contributed by atoms with E-state index >= 15 is 0 Å². The lowest BCUT2D eigenvalue weighted by molar-refractivity contribution is -0.150. The Kier molecular flexibility index (Phi) is 3.27. The normalized spacial score (nSPS) is 27.6. The number of hydrogen-bond donors (Lipinski definition) is 0. The minimum atomic E-state index is 0.428. The summed E-state index contributed by atoms with van der Waals surface area (Å²) in [6.07, 6.45) is 4.43. The van der Waals surface area contributed by atoms with Crippen LogP contribution >= 0.6 is 23.2 Å². The Morgan fingerprint density at radius 1 is 1.28 bits per heavy atom. The highest BCUT2D eigenvalue weighted by atomic mass is 35.5. The molecular formula is C14H15Cl2NO. The van der Waals surface area contributed by atoms with Gasteiger partial charge in [0.25, 0.3) is 0 Å². The van der Waals surface area contributed by atoms with Crippen LogP contribution in [0.25, 0.3) is 0 Å². The third-order valence-electron chi connectivity index (χ3n) is 3.79. The smallest absolute Gasteiger partial charge is 0.118 e. The fraction of sp³-hybridized carbons (Fsp3) is 0.429. The van der Waals surface area contributed by atoms with Gasteiger partial charge in [-0.05, 0) is 43.5 Å². The first kappa shape index (κ1) is 12.3. The molecule has 1 fully saturated rings. The van der Waals surface area contributed by atoms with Gasteiger partial charge in [-0.3, -0.25) is 0 Å². The number of benzene rings is 1. The molecule has 3 rings (SSSR count). The molecule has 0 bridgehead atoms. The quantitative estimate of drug-likeness (QED) is 0.798. The summed E-state index contributed by atoms with van der Waals surface area (Å²) >= 11 is 12.2. The number of halogens is 2. The number of rotatable bonds is 2. The van der Waals surface area contributed by atoms with Crippen molar-refractivity contribution in [2.24, 2.45) is 0 Å². The summed E-state index contributed by atoms with van der Waals surface area (Å²) in [4.78, 5) is 5.71. The molecule has 1 saturated carbocycles. The first-order chi connectivity index (χ1) is 8.65. The molecule has 0 radical (unpaired) electrons. The van der Waals surface area contributed by atoms with Gasteiger partial charge in [0.1, 0.15) is 5.76 Å². The molecule has 1 aromatic rings. The van der Waals surface area contributed by atoms with E-state index in [1.165, 1.54) is 5.56 Å². The van der Waals surface area contributed by atoms with Gasteiger partial charge in [0, 0.05) is 16.0 Å². The van der Waals surface area contributed by atoms with Crippen LogP contribution in [0.1, 0.15) is 31.2 Å². The predicted octanol–water partition coefficient (Wildman–Crippen LogP) is 4.39. The molecule has 0 N–H and O–H groups in total. The van der Waals surface area contributed by atoms with Crippen LogP contribution in [-0.2, 0) is 4.84 Å². The molecular weight excluding hydrogens is 269 g/mol. The van der Waals surface area contributed by atoms with E-state index in [1.807, 2.05) is 25.1 Å². The van der Waals surface area contributed by atoms with Gasteiger partial charge in [0.05, 0.1) is 12.6 Å². The fourth-order valence-electron chi connectivity index (χ4n) is 2.67. The lowest BCUT2D eigenvalue weighted by Gasteiger charge is -2.42. The van der Waals surface area contributed by atoms with Crippen LogP contribution < -0.4 is 0 Å². The second-order valence-corrected chi connectivity index (χ2v) is 5.77. The Labute approximate surface area is 117 Å². The van der Waals surface area contributed by atoms with E-state index in [4.69, 9.17) is 28.0 Å². The molecule has 0 amide bonds. The second-order valence-electron chi connectivity index (χ2n) is 4.92. The van der Waals surface area contributed by atoms with E-state index in [1.54, 1.807) is 0 Å². The van der Waals surface area contributed by atoms with Crippen LogP contribution in [0.2, 0.25) is 10.0 Å². The van der Waals surface area contributed by atoms with E-state index in [2.05, 4.69) is 11.1 Å². The molecule has 0 spiro atoms. The average molecular weight is 284 g/mol. The molecule has 0 unspecified atom stereocenters. The van der Waals surface area contributed by atoms with Crippen molar-refractivity contribution < 1.29 is 4.84 Å². The zero-order valence-corrected chi connectivity index (χ0v) is 11.7. The van der Waals surface area contributed by atoms with E-state index in [0.29, 0.717) is 17.0 Å². The van der Waals surface area contributed by atoms with Crippen LogP contribution in [0.15, 0.2) is 30.0 Å². The van der Waals surface area contributed by atoms with E-state index in [-0.39, 0.29) is 0 Å². The van der Waals surface area contributed by atoms with Gasteiger partial charge in [-0.1, -0.05) is 29.3 Å². The molecule has 2 nitrogen and oxygen atoms in total. The Morgan fingerprint density at radius 3 is 2.67 bits per heavy atom. The molecule has 0 saturated heterocycles. The highest BCUT2D eigenvalue weighted by molar-refractivity contribution is 6.35. The first-order valence-electron chi connectivity index (χ1n) is 6.21. The van der Waals surface area contributed by atoms with Crippen LogP contribution in [0, 0.1) is 0 Å². The summed E-state index contributed by atoms with van der Waals surface area (Å²) in [5.41, 5.74) is 1.19. The van der Waals surface area contributed by atoms with Crippen LogP contribution in [-0.4, -0.2) is 17.6 Å². The van der Waals surface area contributed by atoms with E-state index < -0.39 is 0 Å². The summed E-state index contributed by atoms with van der Waals surface area (Å²) in [6.45, 7) is 2.86. The van der Waals surface area contributed by atoms with Gasteiger partial charge in [-0.15, -0.1) is 5.06 Å². The number of nitrogens with zero attached hydrogens (tertiary/aromatic N) is 1. The van der Waals surface area contributed by atoms with Crippen molar-refractivity contribution in [2.75, 3.05) is 6.54 Å². The van der Waals surface area contributed by atoms with Crippen molar-refractivity contribution in [1.82, 2.24) is 5.06 Å². The van der Waals surface area contributed by atoms with Gasteiger partial charge in [-0.25, -0.2) is 0 Å². The molecule has 2 aliphatic rings. The molecule has 1 aliphatic carbocycles. The van der Waals surface area contributed by atoms with E-state index in [0.717, 1.165) is 30.2 Å². The third kappa shape index (κ3) is 2.13. The Bertz CT molecular complexity index is 501. The van der Waals surface area contributed by atoms with E-state index in [9.17, 15) is 0 Å². The van der Waals surface area contributed by atoms with Gasteiger partial charge < -0.3 is 4.84 Å². The summed E-state index contributed by atoms with van der Waals surface area (Å²) < 4.78 is 0. The highest BCUT2D eigenvalue weighted by Gasteiger charge is 2.39. The maximum absolute atomic E-state index is 6.28. The first-order valence-corrected chi connectivity index (χ1v) is 6.97. The largest absolute Gasteiger partial charge is 0.410 e. The van der Waals surface area contributed by atoms with Crippen LogP contribution in [0.5, 0.6) is 0 Å². The molecule has 4 heteroatoms. The lowest BCUT2D eigenvalue weighted by Crippen LogP contribution is -2.44. The Hall–Kier alpha value is -0.700. The standard InChI is InChI=1S/C14H15Cl2NO/c1-9-6-7-17(18-9)14-5-4-12(14)11-3-2-10(15)8-13(11)16/h2-3,6,8,12,14H,4-5,7H2,1H3/t12-,14-/m0/s1. The SMILES string of the molecule is CC1=CCN([C@H]2CC[C@H]2c2ccc(Cl)cc2Cl)O1. The average Bonchev–Trinajstić information content (AvgIpc) is 2.67. The van der Waals surface area contributed by atoms with Crippen molar-refractivity contribution in [3.05, 3.63) is 45.6 Å². The summed E-state index contributed by atoms with van der Waals surface area (Å²) in [5, 5.41) is 3.52. The van der Waals surface area contributed by atoms with Crippen molar-refractivity contribution in [3.63, 3.8) is 0 Å². The Balaban J connectivity index is 1.77. The summed E-state index contributed by atoms with van der Waals surface area (Å²) in [6, 6.07) is 6.20. The lowest BCUT2D eigenvalue weighted by atomic mass is 9.75. The molecule has 1 aliphatic heterocycles. The summed E-state index contributed by atoms with van der Waals surface area (Å²) in [7, 11) is 0. The molecule has 96 valence electrons. The number of allylic oxidation sites excluding steroid dienone is 1. The summed E-state index contributed by atoms with van der Waals surface area (Å²) in [5.74, 6) is 1.44. The van der Waals surface area contributed by atoms with Crippen molar-refractivity contribution >= 4 is 23.2 Å². The Morgan fingerprint density at radius 2 is 2.11 bits per heavy atom. The van der Waals surface area contributed by atoms with Crippen LogP contribution in [0.3, 0.4) is 0 Å². The minimum Gasteiger partial charge on any atom is -0.410 e. The van der Waals surface area contributed by atoms with Gasteiger partial charge in [0.15, 0.2) is 0 Å². The highest BCUT2D eigenvalue weighted by Crippen LogP contribution is 2.44. The van der Waals surface area contributed by atoms with Gasteiger partial charge in [0.2, 0.25) is 0 Å². The minimum absolute atomic E-state index is 0.428. The van der Waals surface area contributed by atoms with Gasteiger partial charge >= 0.3 is 0 Å². The molecule has 1 aromatic carbocycles. The zero-order chi connectivity index (χ0) is 12.7. The number of hydrogen-bond acceptors (Lipinski definition) is 2.